The van der Waals surface area contributed by atoms with Gasteiger partial charge in [-0.1, -0.05) is 152 Å². The summed E-state index contributed by atoms with van der Waals surface area (Å²) in [5, 5.41) is 14.6. The van der Waals surface area contributed by atoms with Gasteiger partial charge in [0.25, 0.3) is 0 Å². The predicted octanol–water partition coefficient (Wildman–Crippen LogP) is 17.0. The lowest BCUT2D eigenvalue weighted by Gasteiger charge is -2.26. The second-order valence-electron chi connectivity index (χ2n) is 17.0. The van der Waals surface area contributed by atoms with E-state index in [0.29, 0.717) is 0 Å². The van der Waals surface area contributed by atoms with E-state index in [0.717, 1.165) is 39.2 Å². The third kappa shape index (κ3) is 6.28. The molecule has 0 atom stereocenters. The van der Waals surface area contributed by atoms with Crippen molar-refractivity contribution in [1.29, 1.82) is 0 Å². The minimum absolute atomic E-state index is 0.996. The Morgan fingerprint density at radius 1 is 0.262 bits per heavy atom. The number of aromatic nitrogens is 2. The van der Waals surface area contributed by atoms with Crippen LogP contribution < -0.4 is 4.90 Å². The first-order valence-electron chi connectivity index (χ1n) is 22.2. The molecule has 302 valence electrons. The Bertz CT molecular complexity index is 3840. The predicted molar refractivity (Wildman–Crippen MR) is 276 cm³/mol. The van der Waals surface area contributed by atoms with Gasteiger partial charge < -0.3 is 4.90 Å². The van der Waals surface area contributed by atoms with Crippen LogP contribution in [0.3, 0.4) is 0 Å². The highest BCUT2D eigenvalue weighted by molar-refractivity contribution is 6.15. The van der Waals surface area contributed by atoms with Crippen molar-refractivity contribution in [1.82, 2.24) is 9.97 Å². The van der Waals surface area contributed by atoms with E-state index >= 15 is 0 Å². The molecule has 0 aliphatic heterocycles. The number of fused-ring (bicyclic) bond motifs is 10. The van der Waals surface area contributed by atoms with Crippen LogP contribution in [0.25, 0.3) is 109 Å². The zero-order chi connectivity index (χ0) is 42.8. The summed E-state index contributed by atoms with van der Waals surface area (Å²) in [7, 11) is 0. The molecule has 0 unspecified atom stereocenters. The number of anilines is 3. The topological polar surface area (TPSA) is 29.0 Å². The lowest BCUT2D eigenvalue weighted by atomic mass is 9.95. The number of rotatable bonds is 6. The smallest absolute Gasteiger partial charge is 0.0714 e. The fourth-order valence-electron chi connectivity index (χ4n) is 10.1. The molecule has 0 bridgehead atoms. The molecule has 0 fully saturated rings. The standard InChI is InChI=1S/C62H39N3/c1-2-10-45-37-46(14-13-40(45)7-1)47-21-29-53-48(38-47)15-16-49-39-52(28-30-54(49)53)65(50-24-17-43(18-25-50)57-33-35-63-59-31-22-41-8-3-5-11-55(41)61(57)59)51-26-19-44(20-27-51)58-34-36-64-60-32-23-42-9-4-6-12-56(42)62(58)60/h1-39H. The van der Waals surface area contributed by atoms with Gasteiger partial charge in [-0.25, -0.2) is 0 Å². The van der Waals surface area contributed by atoms with Crippen LogP contribution in [0.1, 0.15) is 0 Å². The zero-order valence-electron chi connectivity index (χ0n) is 35.4. The lowest BCUT2D eigenvalue weighted by molar-refractivity contribution is 1.29. The van der Waals surface area contributed by atoms with Crippen molar-refractivity contribution in [3.8, 4) is 33.4 Å². The van der Waals surface area contributed by atoms with Crippen LogP contribution in [0.15, 0.2) is 237 Å². The molecule has 11 aromatic carbocycles. The lowest BCUT2D eigenvalue weighted by Crippen LogP contribution is -2.10. The molecule has 0 saturated carbocycles. The van der Waals surface area contributed by atoms with E-state index in [4.69, 9.17) is 9.97 Å². The average molecular weight is 826 g/mol. The molecule has 13 aromatic rings. The zero-order valence-corrected chi connectivity index (χ0v) is 35.4. The summed E-state index contributed by atoms with van der Waals surface area (Å²) in [6, 6.07) is 81.7. The third-order valence-electron chi connectivity index (χ3n) is 13.3. The molecule has 2 aromatic heterocycles. The second kappa shape index (κ2) is 15.0. The van der Waals surface area contributed by atoms with Crippen LogP contribution >= 0.6 is 0 Å². The third-order valence-corrected chi connectivity index (χ3v) is 13.3. The van der Waals surface area contributed by atoms with Crippen molar-refractivity contribution in [2.24, 2.45) is 0 Å². The highest BCUT2D eigenvalue weighted by atomic mass is 15.1. The molecular weight excluding hydrogens is 787 g/mol. The quantitative estimate of drug-likeness (QED) is 0.156. The molecule has 2 heterocycles. The molecule has 0 aliphatic rings. The van der Waals surface area contributed by atoms with Gasteiger partial charge in [-0.2, -0.15) is 0 Å². The maximum atomic E-state index is 4.76. The molecule has 65 heavy (non-hydrogen) atoms. The van der Waals surface area contributed by atoms with Crippen molar-refractivity contribution in [2.75, 3.05) is 4.90 Å². The molecule has 13 rings (SSSR count). The van der Waals surface area contributed by atoms with E-state index in [2.05, 4.69) is 229 Å². The van der Waals surface area contributed by atoms with Crippen LogP contribution in [0.2, 0.25) is 0 Å². The van der Waals surface area contributed by atoms with E-state index in [1.54, 1.807) is 0 Å². The number of benzene rings is 11. The summed E-state index contributed by atoms with van der Waals surface area (Å²) in [4.78, 5) is 11.9. The van der Waals surface area contributed by atoms with E-state index in [-0.39, 0.29) is 0 Å². The first kappa shape index (κ1) is 36.9. The van der Waals surface area contributed by atoms with E-state index < -0.39 is 0 Å². The molecule has 0 saturated heterocycles. The number of hydrogen-bond acceptors (Lipinski definition) is 3. The molecule has 0 spiro atoms. The van der Waals surface area contributed by atoms with Gasteiger partial charge in [0.05, 0.1) is 11.0 Å². The molecule has 3 nitrogen and oxygen atoms in total. The van der Waals surface area contributed by atoms with Crippen molar-refractivity contribution in [2.45, 2.75) is 0 Å². The summed E-state index contributed by atoms with van der Waals surface area (Å²) in [6.45, 7) is 0. The van der Waals surface area contributed by atoms with Crippen LogP contribution in [-0.4, -0.2) is 9.97 Å². The highest BCUT2D eigenvalue weighted by Crippen LogP contribution is 2.42. The van der Waals surface area contributed by atoms with Crippen LogP contribution in [0.5, 0.6) is 0 Å². The normalized spacial score (nSPS) is 11.7. The molecule has 0 N–H and O–H groups in total. The van der Waals surface area contributed by atoms with Crippen molar-refractivity contribution in [3.05, 3.63) is 237 Å². The summed E-state index contributed by atoms with van der Waals surface area (Å²) in [5.41, 5.74) is 12.3. The van der Waals surface area contributed by atoms with Gasteiger partial charge in [-0.3, -0.25) is 9.97 Å². The number of hydrogen-bond donors (Lipinski definition) is 0. The number of pyridine rings is 2. The van der Waals surface area contributed by atoms with Gasteiger partial charge in [0.1, 0.15) is 0 Å². The van der Waals surface area contributed by atoms with Crippen molar-refractivity contribution < 1.29 is 0 Å². The van der Waals surface area contributed by atoms with Gasteiger partial charge >= 0.3 is 0 Å². The molecule has 0 amide bonds. The molecule has 0 radical (unpaired) electrons. The van der Waals surface area contributed by atoms with Gasteiger partial charge in [-0.05, 0) is 160 Å². The Labute approximate surface area is 376 Å². The fourth-order valence-corrected chi connectivity index (χ4v) is 10.1. The SMILES string of the molecule is c1ccc2cc(-c3ccc4c(ccc5cc(N(c6ccc(-c7ccnc8ccc9ccccc9c78)cc6)c6ccc(-c7ccnc8ccc9ccccc9c78)cc6)ccc54)c3)ccc2c1. The Hall–Kier alpha value is -8.66. The van der Waals surface area contributed by atoms with Crippen LogP contribution in [-0.2, 0) is 0 Å². The van der Waals surface area contributed by atoms with E-state index in [9.17, 15) is 0 Å². The molecule has 0 aliphatic carbocycles. The maximum Gasteiger partial charge on any atom is 0.0714 e. The summed E-state index contributed by atoms with van der Waals surface area (Å²) in [5.74, 6) is 0. The Morgan fingerprint density at radius 2 is 0.677 bits per heavy atom. The average Bonchev–Trinajstić information content (AvgIpc) is 3.38. The number of nitrogens with zero attached hydrogens (tertiary/aromatic N) is 3. The monoisotopic (exact) mass is 825 g/mol. The largest absolute Gasteiger partial charge is 0.310 e. The van der Waals surface area contributed by atoms with E-state index in [1.807, 2.05) is 12.4 Å². The minimum atomic E-state index is 0.996. The Kier molecular flexibility index (Phi) is 8.53. The Balaban J connectivity index is 0.926. The summed E-state index contributed by atoms with van der Waals surface area (Å²) < 4.78 is 0. The molecular formula is C62H39N3. The highest BCUT2D eigenvalue weighted by Gasteiger charge is 2.17. The van der Waals surface area contributed by atoms with Crippen LogP contribution in [0, 0.1) is 0 Å². The van der Waals surface area contributed by atoms with Crippen molar-refractivity contribution >= 4 is 92.7 Å². The van der Waals surface area contributed by atoms with Gasteiger partial charge in [0.2, 0.25) is 0 Å². The first-order chi connectivity index (χ1) is 32.2. The van der Waals surface area contributed by atoms with Gasteiger partial charge in [0, 0.05) is 40.2 Å². The van der Waals surface area contributed by atoms with Gasteiger partial charge in [0.15, 0.2) is 0 Å². The van der Waals surface area contributed by atoms with Crippen molar-refractivity contribution in [3.63, 3.8) is 0 Å². The summed E-state index contributed by atoms with van der Waals surface area (Å²) >= 11 is 0. The summed E-state index contributed by atoms with van der Waals surface area (Å²) in [6.07, 6.45) is 3.85. The second-order valence-corrected chi connectivity index (χ2v) is 17.0. The minimum Gasteiger partial charge on any atom is -0.310 e. The Morgan fingerprint density at radius 3 is 1.26 bits per heavy atom. The van der Waals surface area contributed by atoms with Crippen LogP contribution in [0.4, 0.5) is 17.1 Å². The fraction of sp³-hybridized carbons (Fsp3) is 0. The molecule has 3 heteroatoms. The van der Waals surface area contributed by atoms with Gasteiger partial charge in [-0.15, -0.1) is 0 Å². The first-order valence-corrected chi connectivity index (χ1v) is 22.2. The van der Waals surface area contributed by atoms with E-state index in [1.165, 1.54) is 86.9 Å². The maximum absolute atomic E-state index is 4.76.